The van der Waals surface area contributed by atoms with E-state index >= 15 is 0 Å². The zero-order valence-electron chi connectivity index (χ0n) is 11.8. The molecular weight excluding hydrogens is 268 g/mol. The lowest BCUT2D eigenvalue weighted by atomic mass is 10.1. The van der Waals surface area contributed by atoms with Crippen LogP contribution >= 0.6 is 0 Å². The predicted molar refractivity (Wildman–Crippen MR) is 78.5 cm³/mol. The van der Waals surface area contributed by atoms with Gasteiger partial charge >= 0.3 is 0 Å². The van der Waals surface area contributed by atoms with Crippen molar-refractivity contribution in [3.63, 3.8) is 0 Å². The number of H-pyrrole nitrogens is 1. The van der Waals surface area contributed by atoms with Crippen LogP contribution < -0.4 is 0 Å². The average molecular weight is 284 g/mol. The molecule has 1 aliphatic heterocycles. The van der Waals surface area contributed by atoms with Gasteiger partial charge in [0.15, 0.2) is 11.6 Å². The van der Waals surface area contributed by atoms with E-state index in [0.29, 0.717) is 12.4 Å². The van der Waals surface area contributed by atoms with Crippen molar-refractivity contribution in [3.05, 3.63) is 24.3 Å². The number of fused-ring (bicyclic) bond motifs is 3. The highest BCUT2D eigenvalue weighted by atomic mass is 16.5. The van der Waals surface area contributed by atoms with Gasteiger partial charge < -0.3 is 14.3 Å². The van der Waals surface area contributed by atoms with Gasteiger partial charge in [-0.05, 0) is 18.9 Å². The molecule has 1 saturated heterocycles. The summed E-state index contributed by atoms with van der Waals surface area (Å²) in [4.78, 5) is 24.0. The summed E-state index contributed by atoms with van der Waals surface area (Å²) in [6.07, 6.45) is 5.59. The van der Waals surface area contributed by atoms with Crippen molar-refractivity contribution in [2.45, 2.75) is 25.8 Å². The fraction of sp³-hybridized carbons (Fsp3) is 0.400. The molecule has 3 aromatic heterocycles. The van der Waals surface area contributed by atoms with Crippen molar-refractivity contribution in [2.75, 3.05) is 13.2 Å². The molecule has 3 aromatic rings. The van der Waals surface area contributed by atoms with Gasteiger partial charge in [0.25, 0.3) is 0 Å². The molecule has 1 fully saturated rings. The third-order valence-corrected chi connectivity index (χ3v) is 4.05. The number of hydrogen-bond donors (Lipinski definition) is 1. The van der Waals surface area contributed by atoms with Crippen LogP contribution in [0.4, 0.5) is 0 Å². The topological polar surface area (TPSA) is 72.8 Å². The fourth-order valence-electron chi connectivity index (χ4n) is 3.12. The Labute approximate surface area is 121 Å². The van der Waals surface area contributed by atoms with Crippen molar-refractivity contribution in [1.82, 2.24) is 19.5 Å². The molecule has 1 aliphatic rings. The van der Waals surface area contributed by atoms with E-state index in [1.54, 1.807) is 13.1 Å². The Morgan fingerprint density at radius 3 is 3.19 bits per heavy atom. The molecule has 0 bridgehead atoms. The first kappa shape index (κ1) is 12.5. The molecule has 1 N–H and O–H groups in total. The van der Waals surface area contributed by atoms with Crippen LogP contribution in [0.1, 0.15) is 36.4 Å². The van der Waals surface area contributed by atoms with Crippen LogP contribution in [-0.4, -0.2) is 38.5 Å². The Balaban J connectivity index is 2.05. The van der Waals surface area contributed by atoms with E-state index in [0.717, 1.165) is 41.5 Å². The molecule has 6 nitrogen and oxygen atoms in total. The first-order valence-corrected chi connectivity index (χ1v) is 7.18. The number of aromatic amines is 1. The number of aromatic nitrogens is 4. The lowest BCUT2D eigenvalue weighted by Gasteiger charge is -2.25. The number of hydrogen-bond acceptors (Lipinski definition) is 4. The number of rotatable bonds is 2. The van der Waals surface area contributed by atoms with E-state index in [1.807, 2.05) is 12.3 Å². The standard InChI is InChI=1S/C15H16N4O2/c1-9(20)15-18-12-7-17-14-11(4-5-16-14)13(12)19(15)10-3-2-6-21-8-10/h4-5,7,10H,2-3,6,8H2,1H3,(H,16,17). The SMILES string of the molecule is CC(=O)c1nc2cnc3[nH]ccc3c2n1C1CCCOC1. The minimum absolute atomic E-state index is 0.0274. The Kier molecular flexibility index (Phi) is 2.78. The van der Waals surface area contributed by atoms with Gasteiger partial charge in [0.2, 0.25) is 0 Å². The molecule has 108 valence electrons. The number of carbonyl (C=O) groups excluding carboxylic acids is 1. The Hall–Kier alpha value is -2.21. The third-order valence-electron chi connectivity index (χ3n) is 4.05. The maximum Gasteiger partial charge on any atom is 0.195 e. The normalized spacial score (nSPS) is 19.4. The van der Waals surface area contributed by atoms with Crippen LogP contribution in [-0.2, 0) is 4.74 Å². The number of Topliss-reactive ketones (excluding diaryl/α,β-unsaturated/α-hetero) is 1. The first-order valence-electron chi connectivity index (χ1n) is 7.18. The van der Waals surface area contributed by atoms with Crippen molar-refractivity contribution < 1.29 is 9.53 Å². The van der Waals surface area contributed by atoms with Crippen LogP contribution in [0.3, 0.4) is 0 Å². The minimum atomic E-state index is -0.0274. The molecule has 0 amide bonds. The van der Waals surface area contributed by atoms with Gasteiger partial charge in [-0.15, -0.1) is 0 Å². The van der Waals surface area contributed by atoms with E-state index in [2.05, 4.69) is 19.5 Å². The van der Waals surface area contributed by atoms with E-state index in [4.69, 9.17) is 4.74 Å². The van der Waals surface area contributed by atoms with E-state index in [9.17, 15) is 4.79 Å². The maximum absolute atomic E-state index is 12.0. The number of ketones is 1. The van der Waals surface area contributed by atoms with Gasteiger partial charge in [-0.25, -0.2) is 9.97 Å². The highest BCUT2D eigenvalue weighted by molar-refractivity contribution is 6.04. The van der Waals surface area contributed by atoms with Crippen LogP contribution in [0.15, 0.2) is 18.5 Å². The van der Waals surface area contributed by atoms with Crippen molar-refractivity contribution in [2.24, 2.45) is 0 Å². The molecule has 0 spiro atoms. The molecule has 4 rings (SSSR count). The number of pyridine rings is 1. The molecule has 0 aliphatic carbocycles. The quantitative estimate of drug-likeness (QED) is 0.734. The highest BCUT2D eigenvalue weighted by Crippen LogP contribution is 2.30. The largest absolute Gasteiger partial charge is 0.379 e. The smallest absolute Gasteiger partial charge is 0.195 e. The van der Waals surface area contributed by atoms with Gasteiger partial charge in [0.05, 0.1) is 24.4 Å². The van der Waals surface area contributed by atoms with Crippen molar-refractivity contribution >= 4 is 27.9 Å². The second-order valence-electron chi connectivity index (χ2n) is 5.46. The summed E-state index contributed by atoms with van der Waals surface area (Å²) in [6, 6.07) is 2.14. The molecule has 1 unspecified atom stereocenters. The lowest BCUT2D eigenvalue weighted by molar-refractivity contribution is 0.0591. The zero-order valence-corrected chi connectivity index (χ0v) is 11.8. The van der Waals surface area contributed by atoms with Gasteiger partial charge in [-0.3, -0.25) is 4.79 Å². The fourth-order valence-corrected chi connectivity index (χ4v) is 3.12. The van der Waals surface area contributed by atoms with E-state index in [1.165, 1.54) is 0 Å². The Bertz CT molecular complexity index is 827. The number of imidazole rings is 1. The predicted octanol–water partition coefficient (Wildman–Crippen LogP) is 2.47. The third kappa shape index (κ3) is 1.86. The molecule has 4 heterocycles. The monoisotopic (exact) mass is 284 g/mol. The zero-order chi connectivity index (χ0) is 14.4. The second-order valence-corrected chi connectivity index (χ2v) is 5.46. The summed E-state index contributed by atoms with van der Waals surface area (Å²) >= 11 is 0. The minimum Gasteiger partial charge on any atom is -0.379 e. The van der Waals surface area contributed by atoms with Gasteiger partial charge in [-0.1, -0.05) is 0 Å². The first-order chi connectivity index (χ1) is 10.3. The van der Waals surface area contributed by atoms with E-state index in [-0.39, 0.29) is 11.8 Å². The number of nitrogens with zero attached hydrogens (tertiary/aromatic N) is 3. The summed E-state index contributed by atoms with van der Waals surface area (Å²) in [5.41, 5.74) is 2.55. The molecule has 0 radical (unpaired) electrons. The lowest BCUT2D eigenvalue weighted by Crippen LogP contribution is -2.23. The van der Waals surface area contributed by atoms with Crippen LogP contribution in [0.25, 0.3) is 22.1 Å². The van der Waals surface area contributed by atoms with Crippen molar-refractivity contribution in [1.29, 1.82) is 0 Å². The van der Waals surface area contributed by atoms with Crippen LogP contribution in [0.2, 0.25) is 0 Å². The number of carbonyl (C=O) groups is 1. The molecule has 21 heavy (non-hydrogen) atoms. The summed E-state index contributed by atoms with van der Waals surface area (Å²) in [5.74, 6) is 0.469. The molecule has 6 heteroatoms. The van der Waals surface area contributed by atoms with Gasteiger partial charge in [0.1, 0.15) is 11.2 Å². The maximum atomic E-state index is 12.0. The van der Waals surface area contributed by atoms with Crippen molar-refractivity contribution in [3.8, 4) is 0 Å². The molecule has 0 saturated carbocycles. The van der Waals surface area contributed by atoms with Crippen LogP contribution in [0, 0.1) is 0 Å². The van der Waals surface area contributed by atoms with Gasteiger partial charge in [0, 0.05) is 25.1 Å². The average Bonchev–Trinajstić information content (AvgIpc) is 3.11. The highest BCUT2D eigenvalue weighted by Gasteiger charge is 2.25. The Morgan fingerprint density at radius 2 is 2.43 bits per heavy atom. The summed E-state index contributed by atoms with van der Waals surface area (Å²) < 4.78 is 7.65. The molecule has 0 aromatic carbocycles. The van der Waals surface area contributed by atoms with Gasteiger partial charge in [-0.2, -0.15) is 0 Å². The summed E-state index contributed by atoms with van der Waals surface area (Å²) in [7, 11) is 0. The summed E-state index contributed by atoms with van der Waals surface area (Å²) in [6.45, 7) is 2.97. The molecular formula is C15H16N4O2. The molecule has 1 atom stereocenters. The van der Waals surface area contributed by atoms with Crippen LogP contribution in [0.5, 0.6) is 0 Å². The second kappa shape index (κ2) is 4.66. The summed E-state index contributed by atoms with van der Waals surface area (Å²) in [5, 5.41) is 0.998. The number of nitrogens with one attached hydrogen (secondary N) is 1. The number of ether oxygens (including phenoxy) is 1. The van der Waals surface area contributed by atoms with E-state index < -0.39 is 0 Å². The Morgan fingerprint density at radius 1 is 1.52 bits per heavy atom.